The molecular formula is C9H23ClN2. The standard InChI is InChI=1S/C6H15N.C3H7N.ClH/c1-4-7(5-2)6-3;1-2-4-3-1;/h4-6H2,1-3H3;4H,1-3H2;1H. The van der Waals surface area contributed by atoms with Crippen molar-refractivity contribution in [1.82, 2.24) is 10.2 Å². The smallest absolute Gasteiger partial charge is 0.00368 e. The molecule has 1 aliphatic heterocycles. The van der Waals surface area contributed by atoms with E-state index in [1.165, 1.54) is 39.1 Å². The maximum absolute atomic E-state index is 3.11. The van der Waals surface area contributed by atoms with E-state index in [2.05, 4.69) is 31.0 Å². The van der Waals surface area contributed by atoms with Crippen molar-refractivity contribution in [1.29, 1.82) is 0 Å². The van der Waals surface area contributed by atoms with Gasteiger partial charge in [-0.15, -0.1) is 12.4 Å². The highest BCUT2D eigenvalue weighted by Gasteiger charge is 1.92. The number of rotatable bonds is 3. The van der Waals surface area contributed by atoms with Gasteiger partial charge in [-0.25, -0.2) is 0 Å². The lowest BCUT2D eigenvalue weighted by Crippen LogP contribution is -2.29. The minimum atomic E-state index is 0. The highest BCUT2D eigenvalue weighted by atomic mass is 35.5. The lowest BCUT2D eigenvalue weighted by molar-refractivity contribution is 0.321. The summed E-state index contributed by atoms with van der Waals surface area (Å²) in [7, 11) is 0. The third-order valence-electron chi connectivity index (χ3n) is 2.05. The zero-order valence-corrected chi connectivity index (χ0v) is 9.41. The number of hydrogen-bond acceptors (Lipinski definition) is 2. The quantitative estimate of drug-likeness (QED) is 0.737. The van der Waals surface area contributed by atoms with Gasteiger partial charge in [0.1, 0.15) is 0 Å². The van der Waals surface area contributed by atoms with Gasteiger partial charge in [0.25, 0.3) is 0 Å². The van der Waals surface area contributed by atoms with E-state index in [9.17, 15) is 0 Å². The van der Waals surface area contributed by atoms with E-state index in [1.54, 1.807) is 0 Å². The Hall–Kier alpha value is 0.210. The van der Waals surface area contributed by atoms with Gasteiger partial charge in [-0.3, -0.25) is 0 Å². The minimum Gasteiger partial charge on any atom is -0.317 e. The van der Waals surface area contributed by atoms with Gasteiger partial charge in [0.15, 0.2) is 0 Å². The molecule has 0 atom stereocenters. The first-order valence-corrected chi connectivity index (χ1v) is 4.78. The van der Waals surface area contributed by atoms with Crippen LogP contribution in [0.1, 0.15) is 27.2 Å². The molecule has 0 saturated carbocycles. The van der Waals surface area contributed by atoms with Crippen molar-refractivity contribution in [3.63, 3.8) is 0 Å². The fourth-order valence-corrected chi connectivity index (χ4v) is 0.848. The molecule has 3 heteroatoms. The van der Waals surface area contributed by atoms with Crippen molar-refractivity contribution < 1.29 is 0 Å². The summed E-state index contributed by atoms with van der Waals surface area (Å²) in [6.45, 7) is 12.6. The summed E-state index contributed by atoms with van der Waals surface area (Å²) in [6, 6.07) is 0. The summed E-state index contributed by atoms with van der Waals surface area (Å²) in [6.07, 6.45) is 1.39. The summed E-state index contributed by atoms with van der Waals surface area (Å²) in [5.41, 5.74) is 0. The van der Waals surface area contributed by atoms with E-state index in [0.717, 1.165) is 0 Å². The Balaban J connectivity index is 0. The van der Waals surface area contributed by atoms with Gasteiger partial charge < -0.3 is 10.2 Å². The van der Waals surface area contributed by atoms with Crippen molar-refractivity contribution in [3.05, 3.63) is 0 Å². The van der Waals surface area contributed by atoms with Gasteiger partial charge in [-0.2, -0.15) is 0 Å². The molecule has 0 aromatic rings. The molecule has 12 heavy (non-hydrogen) atoms. The fraction of sp³-hybridized carbons (Fsp3) is 1.00. The molecule has 76 valence electrons. The van der Waals surface area contributed by atoms with Crippen LogP contribution in [0.4, 0.5) is 0 Å². The molecular weight excluding hydrogens is 172 g/mol. The van der Waals surface area contributed by atoms with Crippen LogP contribution in [0.3, 0.4) is 0 Å². The van der Waals surface area contributed by atoms with Crippen molar-refractivity contribution in [2.24, 2.45) is 0 Å². The van der Waals surface area contributed by atoms with E-state index in [0.29, 0.717) is 0 Å². The van der Waals surface area contributed by atoms with Crippen LogP contribution in [0.15, 0.2) is 0 Å². The molecule has 1 heterocycles. The number of nitrogens with one attached hydrogen (secondary N) is 1. The van der Waals surface area contributed by atoms with Crippen LogP contribution in [0.5, 0.6) is 0 Å². The van der Waals surface area contributed by atoms with Crippen LogP contribution in [-0.2, 0) is 0 Å². The minimum absolute atomic E-state index is 0. The Bertz CT molecular complexity index is 61.4. The third-order valence-corrected chi connectivity index (χ3v) is 2.05. The van der Waals surface area contributed by atoms with Crippen molar-refractivity contribution in [3.8, 4) is 0 Å². The zero-order valence-electron chi connectivity index (χ0n) is 8.60. The summed E-state index contributed by atoms with van der Waals surface area (Å²) in [4.78, 5) is 2.38. The normalized spacial score (nSPS) is 14.0. The first-order valence-electron chi connectivity index (χ1n) is 4.78. The summed E-state index contributed by atoms with van der Waals surface area (Å²) < 4.78 is 0. The molecule has 1 aliphatic rings. The maximum atomic E-state index is 3.11. The van der Waals surface area contributed by atoms with Crippen LogP contribution in [0.25, 0.3) is 0 Å². The molecule has 0 radical (unpaired) electrons. The number of hydrogen-bond donors (Lipinski definition) is 1. The van der Waals surface area contributed by atoms with Gasteiger partial charge in [0.2, 0.25) is 0 Å². The fourth-order valence-electron chi connectivity index (χ4n) is 0.848. The molecule has 1 rings (SSSR count). The Morgan fingerprint density at radius 1 is 1.00 bits per heavy atom. The first kappa shape index (κ1) is 14.7. The highest BCUT2D eigenvalue weighted by molar-refractivity contribution is 5.85. The third kappa shape index (κ3) is 8.31. The second kappa shape index (κ2) is 11.2. The van der Waals surface area contributed by atoms with Gasteiger partial charge in [-0.05, 0) is 39.1 Å². The van der Waals surface area contributed by atoms with Crippen LogP contribution in [-0.4, -0.2) is 37.6 Å². The van der Waals surface area contributed by atoms with Crippen molar-refractivity contribution >= 4 is 12.4 Å². The number of halogens is 1. The van der Waals surface area contributed by atoms with Gasteiger partial charge >= 0.3 is 0 Å². The molecule has 0 unspecified atom stereocenters. The van der Waals surface area contributed by atoms with E-state index < -0.39 is 0 Å². The molecule has 0 amide bonds. The molecule has 0 spiro atoms. The molecule has 1 saturated heterocycles. The molecule has 0 aromatic carbocycles. The molecule has 1 fully saturated rings. The Morgan fingerprint density at radius 2 is 1.25 bits per heavy atom. The van der Waals surface area contributed by atoms with Gasteiger partial charge in [0.05, 0.1) is 0 Å². The van der Waals surface area contributed by atoms with Gasteiger partial charge in [0, 0.05) is 0 Å². The summed E-state index contributed by atoms with van der Waals surface area (Å²) >= 11 is 0. The predicted octanol–water partition coefficient (Wildman–Crippen LogP) is 1.75. The topological polar surface area (TPSA) is 15.3 Å². The van der Waals surface area contributed by atoms with Crippen LogP contribution in [0, 0.1) is 0 Å². The number of nitrogens with zero attached hydrogens (tertiary/aromatic N) is 1. The van der Waals surface area contributed by atoms with Gasteiger partial charge in [-0.1, -0.05) is 20.8 Å². The molecule has 1 N–H and O–H groups in total. The SMILES string of the molecule is C1CNC1.CCN(CC)CC.Cl. The summed E-state index contributed by atoms with van der Waals surface area (Å²) in [5.74, 6) is 0. The Labute approximate surface area is 83.1 Å². The second-order valence-electron chi connectivity index (χ2n) is 2.72. The van der Waals surface area contributed by atoms with Crippen LogP contribution in [0.2, 0.25) is 0 Å². The second-order valence-corrected chi connectivity index (χ2v) is 2.72. The van der Waals surface area contributed by atoms with E-state index in [1.807, 2.05) is 0 Å². The van der Waals surface area contributed by atoms with Crippen molar-refractivity contribution in [2.75, 3.05) is 32.7 Å². The lowest BCUT2D eigenvalue weighted by Gasteiger charge is -2.13. The van der Waals surface area contributed by atoms with E-state index >= 15 is 0 Å². The lowest BCUT2D eigenvalue weighted by atomic mass is 10.3. The van der Waals surface area contributed by atoms with E-state index in [4.69, 9.17) is 0 Å². The summed E-state index contributed by atoms with van der Waals surface area (Å²) in [5, 5.41) is 3.11. The monoisotopic (exact) mass is 194 g/mol. The van der Waals surface area contributed by atoms with Crippen molar-refractivity contribution in [2.45, 2.75) is 27.2 Å². The van der Waals surface area contributed by atoms with Crippen LogP contribution < -0.4 is 5.32 Å². The molecule has 2 nitrogen and oxygen atoms in total. The maximum Gasteiger partial charge on any atom is -0.00368 e. The Morgan fingerprint density at radius 3 is 1.25 bits per heavy atom. The van der Waals surface area contributed by atoms with E-state index in [-0.39, 0.29) is 12.4 Å². The molecule has 0 aromatic heterocycles. The highest BCUT2D eigenvalue weighted by Crippen LogP contribution is 1.81. The zero-order chi connectivity index (χ0) is 8.53. The Kier molecular flexibility index (Phi) is 13.7. The largest absolute Gasteiger partial charge is 0.317 e. The predicted molar refractivity (Wildman–Crippen MR) is 58.2 cm³/mol. The van der Waals surface area contributed by atoms with Crippen LogP contribution >= 0.6 is 12.4 Å². The molecule has 0 aliphatic carbocycles. The first-order chi connectivity index (χ1) is 5.35. The average Bonchev–Trinajstić information content (AvgIpc) is 1.88. The molecule has 0 bridgehead atoms. The average molecular weight is 195 g/mol.